The van der Waals surface area contributed by atoms with Crippen LogP contribution in [0.1, 0.15) is 29.8 Å². The number of hydrogen-bond acceptors (Lipinski definition) is 5. The molecule has 0 aliphatic carbocycles. The lowest BCUT2D eigenvalue weighted by Crippen LogP contribution is -2.28. The number of carbonyl (C=O) groups is 2. The van der Waals surface area contributed by atoms with Crippen molar-refractivity contribution in [2.45, 2.75) is 13.8 Å². The molecule has 0 spiro atoms. The molecule has 1 aromatic carbocycles. The molecule has 0 unspecified atom stereocenters. The van der Waals surface area contributed by atoms with E-state index in [9.17, 15) is 20.1 Å². The van der Waals surface area contributed by atoms with Crippen LogP contribution in [0.25, 0.3) is 10.9 Å². The third-order valence-corrected chi connectivity index (χ3v) is 2.93. The van der Waals surface area contributed by atoms with Crippen LogP contribution in [0.3, 0.4) is 0 Å². The van der Waals surface area contributed by atoms with E-state index in [2.05, 4.69) is 4.99 Å². The van der Waals surface area contributed by atoms with E-state index in [1.54, 1.807) is 31.2 Å². The third-order valence-electron chi connectivity index (χ3n) is 2.93. The number of rotatable bonds is 2. The molecule has 7 nitrogen and oxygen atoms in total. The zero-order chi connectivity index (χ0) is 16.3. The van der Waals surface area contributed by atoms with Gasteiger partial charge in [0.1, 0.15) is 11.6 Å². The number of ether oxygens (including phenoxy) is 1. The molecule has 1 aromatic heterocycles. The minimum absolute atomic E-state index is 0.0229. The van der Waals surface area contributed by atoms with Crippen molar-refractivity contribution in [2.75, 3.05) is 6.61 Å². The predicted octanol–water partition coefficient (Wildman–Crippen LogP) is 1.37. The third kappa shape index (κ3) is 2.54. The zero-order valence-corrected chi connectivity index (χ0v) is 12.0. The Kier molecular flexibility index (Phi) is 4.23. The standard InChI is InChI=1S/C15H13N3O4/c1-3-22-15(20)13-10-6-4-5-7-12(10)18(21)14(11(13)8-16)17-9(2)19/h4-7,21H,3H2,1-2H3. The molecule has 0 aliphatic heterocycles. The molecule has 0 aliphatic rings. The van der Waals surface area contributed by atoms with Gasteiger partial charge in [-0.2, -0.15) is 15.0 Å². The Morgan fingerprint density at radius 2 is 2.09 bits per heavy atom. The average Bonchev–Trinajstić information content (AvgIpc) is 2.49. The summed E-state index contributed by atoms with van der Waals surface area (Å²) in [7, 11) is 0. The van der Waals surface area contributed by atoms with Gasteiger partial charge < -0.3 is 9.94 Å². The molecule has 7 heteroatoms. The van der Waals surface area contributed by atoms with Crippen molar-refractivity contribution < 1.29 is 19.5 Å². The predicted molar refractivity (Wildman–Crippen MR) is 76.0 cm³/mol. The topological polar surface area (TPSA) is 105 Å². The molecule has 0 saturated carbocycles. The van der Waals surface area contributed by atoms with Gasteiger partial charge in [0.2, 0.25) is 5.91 Å². The number of nitrogens with zero attached hydrogens (tertiary/aromatic N) is 3. The van der Waals surface area contributed by atoms with Crippen LogP contribution < -0.4 is 5.49 Å². The summed E-state index contributed by atoms with van der Waals surface area (Å²) in [6.07, 6.45) is 0. The smallest absolute Gasteiger partial charge is 0.340 e. The average molecular weight is 299 g/mol. The van der Waals surface area contributed by atoms with Gasteiger partial charge >= 0.3 is 5.97 Å². The van der Waals surface area contributed by atoms with Crippen LogP contribution in [0, 0.1) is 11.3 Å². The highest BCUT2D eigenvalue weighted by Crippen LogP contribution is 2.20. The van der Waals surface area contributed by atoms with Gasteiger partial charge in [-0.05, 0) is 13.0 Å². The molecular formula is C15H13N3O4. The highest BCUT2D eigenvalue weighted by molar-refractivity contribution is 6.05. The van der Waals surface area contributed by atoms with Crippen LogP contribution in [-0.4, -0.2) is 28.4 Å². The van der Waals surface area contributed by atoms with E-state index >= 15 is 0 Å². The molecule has 0 radical (unpaired) electrons. The fraction of sp³-hybridized carbons (Fsp3) is 0.200. The lowest BCUT2D eigenvalue weighted by Gasteiger charge is -2.11. The largest absolute Gasteiger partial charge is 0.462 e. The number of amides is 1. The number of nitriles is 1. The summed E-state index contributed by atoms with van der Waals surface area (Å²) in [5, 5.41) is 19.9. The summed E-state index contributed by atoms with van der Waals surface area (Å²) in [5.41, 5.74) is -0.290. The van der Waals surface area contributed by atoms with Crippen molar-refractivity contribution in [3.8, 4) is 6.07 Å². The van der Waals surface area contributed by atoms with Gasteiger partial charge in [-0.15, -0.1) is 0 Å². The number of pyridine rings is 1. The zero-order valence-electron chi connectivity index (χ0n) is 12.0. The van der Waals surface area contributed by atoms with E-state index in [0.717, 1.165) is 0 Å². The molecule has 0 bridgehead atoms. The van der Waals surface area contributed by atoms with Crippen LogP contribution in [0.4, 0.5) is 0 Å². The molecule has 112 valence electrons. The fourth-order valence-electron chi connectivity index (χ4n) is 2.11. The van der Waals surface area contributed by atoms with Crippen molar-refractivity contribution in [3.63, 3.8) is 0 Å². The normalized spacial score (nSPS) is 11.2. The van der Waals surface area contributed by atoms with Crippen LogP contribution in [0.5, 0.6) is 0 Å². The first kappa shape index (κ1) is 15.3. The first-order chi connectivity index (χ1) is 10.5. The van der Waals surface area contributed by atoms with E-state index in [-0.39, 0.29) is 28.7 Å². The van der Waals surface area contributed by atoms with Gasteiger partial charge in [0.15, 0.2) is 5.49 Å². The van der Waals surface area contributed by atoms with Crippen LogP contribution in [-0.2, 0) is 9.53 Å². The maximum Gasteiger partial charge on any atom is 0.340 e. The lowest BCUT2D eigenvalue weighted by atomic mass is 10.0. The quantitative estimate of drug-likeness (QED) is 0.666. The first-order valence-corrected chi connectivity index (χ1v) is 6.50. The fourth-order valence-corrected chi connectivity index (χ4v) is 2.11. The summed E-state index contributed by atoms with van der Waals surface area (Å²) >= 11 is 0. The number of hydrogen-bond donors (Lipinski definition) is 1. The van der Waals surface area contributed by atoms with Gasteiger partial charge in [-0.25, -0.2) is 4.79 Å². The SMILES string of the molecule is CCOC(=O)c1c(C#N)c(=NC(C)=O)n(O)c2ccccc12. The second kappa shape index (κ2) is 6.10. The number of aromatic nitrogens is 1. The van der Waals surface area contributed by atoms with Crippen molar-refractivity contribution in [1.29, 1.82) is 5.26 Å². The van der Waals surface area contributed by atoms with E-state index < -0.39 is 11.9 Å². The first-order valence-electron chi connectivity index (χ1n) is 6.50. The summed E-state index contributed by atoms with van der Waals surface area (Å²) in [4.78, 5) is 27.1. The van der Waals surface area contributed by atoms with E-state index in [1.165, 1.54) is 6.92 Å². The molecule has 0 atom stereocenters. The van der Waals surface area contributed by atoms with E-state index in [1.807, 2.05) is 6.07 Å². The van der Waals surface area contributed by atoms with Crippen molar-refractivity contribution >= 4 is 22.8 Å². The second-order valence-electron chi connectivity index (χ2n) is 4.37. The molecule has 22 heavy (non-hydrogen) atoms. The molecule has 2 aromatic rings. The van der Waals surface area contributed by atoms with Gasteiger partial charge in [-0.1, -0.05) is 18.2 Å². The summed E-state index contributed by atoms with van der Waals surface area (Å²) in [6, 6.07) is 8.24. The van der Waals surface area contributed by atoms with Crippen LogP contribution in [0.2, 0.25) is 0 Å². The maximum atomic E-state index is 12.2. The van der Waals surface area contributed by atoms with Crippen molar-refractivity contribution in [3.05, 3.63) is 40.9 Å². The summed E-state index contributed by atoms with van der Waals surface area (Å²) in [6.45, 7) is 2.95. The number of benzene rings is 1. The minimum Gasteiger partial charge on any atom is -0.462 e. The summed E-state index contributed by atoms with van der Waals surface area (Å²) in [5.74, 6) is -1.32. The van der Waals surface area contributed by atoms with Gasteiger partial charge in [0, 0.05) is 12.3 Å². The van der Waals surface area contributed by atoms with Gasteiger partial charge in [0.05, 0.1) is 17.7 Å². The number of carbonyl (C=O) groups excluding carboxylic acids is 2. The Balaban J connectivity index is 3.05. The monoisotopic (exact) mass is 299 g/mol. The van der Waals surface area contributed by atoms with Crippen molar-refractivity contribution in [1.82, 2.24) is 4.73 Å². The Hall–Kier alpha value is -3.14. The molecular weight excluding hydrogens is 286 g/mol. The second-order valence-corrected chi connectivity index (χ2v) is 4.37. The highest BCUT2D eigenvalue weighted by Gasteiger charge is 2.22. The number of esters is 1. The number of para-hydroxylation sites is 1. The Labute approximate surface area is 125 Å². The Bertz CT molecular complexity index is 875. The molecule has 1 heterocycles. The molecule has 1 N–H and O–H groups in total. The Morgan fingerprint density at radius 3 is 2.68 bits per heavy atom. The molecule has 1 amide bonds. The van der Waals surface area contributed by atoms with Gasteiger partial charge in [-0.3, -0.25) is 4.79 Å². The molecule has 2 rings (SSSR count). The van der Waals surface area contributed by atoms with Crippen LogP contribution in [0.15, 0.2) is 29.3 Å². The van der Waals surface area contributed by atoms with Gasteiger partial charge in [0.25, 0.3) is 0 Å². The lowest BCUT2D eigenvalue weighted by molar-refractivity contribution is -0.116. The van der Waals surface area contributed by atoms with E-state index in [0.29, 0.717) is 10.1 Å². The Morgan fingerprint density at radius 1 is 1.41 bits per heavy atom. The van der Waals surface area contributed by atoms with Crippen molar-refractivity contribution in [2.24, 2.45) is 4.99 Å². The minimum atomic E-state index is -0.712. The van der Waals surface area contributed by atoms with Crippen LogP contribution >= 0.6 is 0 Å². The molecule has 0 saturated heterocycles. The summed E-state index contributed by atoms with van der Waals surface area (Å²) < 4.78 is 5.59. The molecule has 0 fully saturated rings. The van der Waals surface area contributed by atoms with E-state index in [4.69, 9.17) is 4.74 Å². The number of fused-ring (bicyclic) bond motifs is 1. The maximum absolute atomic E-state index is 12.2. The highest BCUT2D eigenvalue weighted by atomic mass is 16.5.